The van der Waals surface area contributed by atoms with E-state index in [0.29, 0.717) is 6.42 Å². The van der Waals surface area contributed by atoms with Crippen LogP contribution in [0.15, 0.2) is 0 Å². The number of hydrogen-bond donors (Lipinski definition) is 2. The van der Waals surface area contributed by atoms with Gasteiger partial charge >= 0.3 is 0 Å². The molecule has 0 rings (SSSR count). The molecule has 0 aromatic rings. The van der Waals surface area contributed by atoms with Gasteiger partial charge in [0, 0.05) is 6.04 Å². The first kappa shape index (κ1) is 10.9. The van der Waals surface area contributed by atoms with Gasteiger partial charge in [-0.15, -0.1) is 0 Å². The van der Waals surface area contributed by atoms with E-state index in [9.17, 15) is 4.79 Å². The van der Waals surface area contributed by atoms with Crippen LogP contribution in [-0.4, -0.2) is 23.7 Å². The molecule has 1 unspecified atom stereocenters. The maximum absolute atomic E-state index is 11.1. The highest BCUT2D eigenvalue weighted by atomic mass is 16.3. The van der Waals surface area contributed by atoms with Crippen LogP contribution in [-0.2, 0) is 4.79 Å². The van der Waals surface area contributed by atoms with Gasteiger partial charge in [-0.1, -0.05) is 6.92 Å². The minimum absolute atomic E-state index is 0.104. The molecule has 12 heavy (non-hydrogen) atoms. The molecule has 4 heteroatoms. The number of rotatable bonds is 4. The molecule has 0 heterocycles. The van der Waals surface area contributed by atoms with Gasteiger partial charge in [0.2, 0.25) is 5.91 Å². The molecule has 0 bridgehead atoms. The average Bonchev–Trinajstić information content (AvgIpc) is 2.06. The van der Waals surface area contributed by atoms with Crippen LogP contribution in [0, 0.1) is 17.2 Å². The van der Waals surface area contributed by atoms with Crippen molar-refractivity contribution >= 4 is 5.91 Å². The minimum atomic E-state index is -0.598. The molecule has 0 aliphatic rings. The van der Waals surface area contributed by atoms with Crippen molar-refractivity contribution in [2.45, 2.75) is 26.3 Å². The van der Waals surface area contributed by atoms with E-state index in [1.54, 1.807) is 13.8 Å². The van der Waals surface area contributed by atoms with Gasteiger partial charge in [-0.3, -0.25) is 4.79 Å². The van der Waals surface area contributed by atoms with Crippen molar-refractivity contribution in [1.82, 2.24) is 5.32 Å². The third-order valence-electron chi connectivity index (χ3n) is 1.54. The van der Waals surface area contributed by atoms with Crippen LogP contribution in [0.4, 0.5) is 0 Å². The van der Waals surface area contributed by atoms with Crippen LogP contribution < -0.4 is 5.32 Å². The smallest absolute Gasteiger partial charge is 0.237 e. The van der Waals surface area contributed by atoms with Gasteiger partial charge in [0.25, 0.3) is 0 Å². The van der Waals surface area contributed by atoms with E-state index < -0.39 is 5.92 Å². The van der Waals surface area contributed by atoms with Gasteiger partial charge in [0.1, 0.15) is 5.92 Å². The van der Waals surface area contributed by atoms with E-state index >= 15 is 0 Å². The first-order valence-electron chi connectivity index (χ1n) is 3.96. The Morgan fingerprint density at radius 3 is 2.67 bits per heavy atom. The topological polar surface area (TPSA) is 73.1 Å². The highest BCUT2D eigenvalue weighted by Gasteiger charge is 2.16. The van der Waals surface area contributed by atoms with Crippen LogP contribution in [0.3, 0.4) is 0 Å². The zero-order valence-electron chi connectivity index (χ0n) is 7.37. The second-order valence-electron chi connectivity index (χ2n) is 2.68. The second-order valence-corrected chi connectivity index (χ2v) is 2.68. The maximum atomic E-state index is 11.1. The second kappa shape index (κ2) is 5.56. The Kier molecular flexibility index (Phi) is 5.06. The molecule has 0 aromatic heterocycles. The quantitative estimate of drug-likeness (QED) is 0.625. The Bertz CT molecular complexity index is 186. The number of nitrogens with zero attached hydrogens (tertiary/aromatic N) is 1. The lowest BCUT2D eigenvalue weighted by molar-refractivity contribution is -0.124. The molecule has 0 aliphatic heterocycles. The number of carbonyl (C=O) groups excluding carboxylic acids is 1. The molecule has 2 atom stereocenters. The van der Waals surface area contributed by atoms with E-state index in [0.717, 1.165) is 0 Å². The SMILES string of the molecule is CCC(C#N)C(=O)N[C@H](C)CO. The Hall–Kier alpha value is -1.08. The number of carbonyl (C=O) groups is 1. The third-order valence-corrected chi connectivity index (χ3v) is 1.54. The van der Waals surface area contributed by atoms with Crippen molar-refractivity contribution < 1.29 is 9.90 Å². The number of aliphatic hydroxyl groups excluding tert-OH is 1. The molecule has 0 fully saturated rings. The summed E-state index contributed by atoms with van der Waals surface area (Å²) in [5.41, 5.74) is 0. The number of nitrogens with one attached hydrogen (secondary N) is 1. The van der Waals surface area contributed by atoms with Crippen molar-refractivity contribution in [3.8, 4) is 6.07 Å². The molecule has 1 amide bonds. The third kappa shape index (κ3) is 3.35. The van der Waals surface area contributed by atoms with Gasteiger partial charge < -0.3 is 10.4 Å². The normalized spacial score (nSPS) is 14.5. The molecule has 0 spiro atoms. The summed E-state index contributed by atoms with van der Waals surface area (Å²) >= 11 is 0. The number of hydrogen-bond acceptors (Lipinski definition) is 3. The molecule has 2 N–H and O–H groups in total. The van der Waals surface area contributed by atoms with E-state index in [2.05, 4.69) is 5.32 Å². The number of nitriles is 1. The Labute approximate surface area is 72.2 Å². The highest BCUT2D eigenvalue weighted by Crippen LogP contribution is 2.00. The monoisotopic (exact) mass is 170 g/mol. The van der Waals surface area contributed by atoms with Gasteiger partial charge in [-0.25, -0.2) is 0 Å². The first-order chi connectivity index (χ1) is 5.65. The summed E-state index contributed by atoms with van der Waals surface area (Å²) in [6.07, 6.45) is 0.500. The molecule has 0 radical (unpaired) electrons. The van der Waals surface area contributed by atoms with Crippen LogP contribution in [0.5, 0.6) is 0 Å². The van der Waals surface area contributed by atoms with Gasteiger partial charge in [-0.2, -0.15) is 5.26 Å². The zero-order chi connectivity index (χ0) is 9.56. The molecular weight excluding hydrogens is 156 g/mol. The highest BCUT2D eigenvalue weighted by molar-refractivity contribution is 5.81. The summed E-state index contributed by atoms with van der Waals surface area (Å²) in [4.78, 5) is 11.1. The van der Waals surface area contributed by atoms with E-state index in [-0.39, 0.29) is 18.6 Å². The van der Waals surface area contributed by atoms with Crippen molar-refractivity contribution in [1.29, 1.82) is 5.26 Å². The fourth-order valence-electron chi connectivity index (χ4n) is 0.724. The summed E-state index contributed by atoms with van der Waals surface area (Å²) in [6, 6.07) is 1.61. The zero-order valence-corrected chi connectivity index (χ0v) is 7.37. The van der Waals surface area contributed by atoms with Crippen molar-refractivity contribution in [3.05, 3.63) is 0 Å². The van der Waals surface area contributed by atoms with Crippen molar-refractivity contribution in [3.63, 3.8) is 0 Å². The lowest BCUT2D eigenvalue weighted by Gasteiger charge is -2.12. The molecular formula is C8H14N2O2. The van der Waals surface area contributed by atoms with Gasteiger partial charge in [0.05, 0.1) is 12.7 Å². The van der Waals surface area contributed by atoms with E-state index in [1.165, 1.54) is 0 Å². The summed E-state index contributed by atoms with van der Waals surface area (Å²) in [6.45, 7) is 3.35. The Balaban J connectivity index is 3.95. The predicted molar refractivity (Wildman–Crippen MR) is 44.1 cm³/mol. The van der Waals surface area contributed by atoms with Gasteiger partial charge in [0.15, 0.2) is 0 Å². The molecule has 0 aliphatic carbocycles. The molecule has 0 saturated carbocycles. The lowest BCUT2D eigenvalue weighted by Crippen LogP contribution is -2.38. The first-order valence-corrected chi connectivity index (χ1v) is 3.96. The van der Waals surface area contributed by atoms with Crippen LogP contribution in [0.25, 0.3) is 0 Å². The van der Waals surface area contributed by atoms with Crippen molar-refractivity contribution in [2.75, 3.05) is 6.61 Å². The lowest BCUT2D eigenvalue weighted by atomic mass is 10.1. The van der Waals surface area contributed by atoms with Crippen LogP contribution in [0.1, 0.15) is 20.3 Å². The summed E-state index contributed by atoms with van der Waals surface area (Å²) in [5.74, 6) is -0.902. The Morgan fingerprint density at radius 2 is 2.33 bits per heavy atom. The summed E-state index contributed by atoms with van der Waals surface area (Å²) < 4.78 is 0. The Morgan fingerprint density at radius 1 is 1.75 bits per heavy atom. The largest absolute Gasteiger partial charge is 0.394 e. The molecule has 0 saturated heterocycles. The van der Waals surface area contributed by atoms with Crippen molar-refractivity contribution in [2.24, 2.45) is 5.92 Å². The minimum Gasteiger partial charge on any atom is -0.394 e. The number of amides is 1. The standard InChI is InChI=1S/C8H14N2O2/c1-3-7(4-9)8(12)10-6(2)5-11/h6-7,11H,3,5H2,1-2H3,(H,10,12)/t6-,7?/m1/s1. The molecule has 0 aromatic carbocycles. The number of aliphatic hydroxyl groups is 1. The fraction of sp³-hybridized carbons (Fsp3) is 0.750. The summed E-state index contributed by atoms with van der Waals surface area (Å²) in [7, 11) is 0. The predicted octanol–water partition coefficient (Wildman–Crippen LogP) is 0.0332. The molecule has 68 valence electrons. The fourth-order valence-corrected chi connectivity index (χ4v) is 0.724. The average molecular weight is 170 g/mol. The summed E-state index contributed by atoms with van der Waals surface area (Å²) in [5, 5.41) is 19.6. The van der Waals surface area contributed by atoms with Gasteiger partial charge in [-0.05, 0) is 13.3 Å². The maximum Gasteiger partial charge on any atom is 0.237 e. The van der Waals surface area contributed by atoms with Crippen LogP contribution in [0.2, 0.25) is 0 Å². The molecule has 4 nitrogen and oxygen atoms in total. The van der Waals surface area contributed by atoms with E-state index in [1.807, 2.05) is 6.07 Å². The van der Waals surface area contributed by atoms with Crippen LogP contribution >= 0.6 is 0 Å². The van der Waals surface area contributed by atoms with E-state index in [4.69, 9.17) is 10.4 Å².